The van der Waals surface area contributed by atoms with Crippen molar-refractivity contribution in [2.75, 3.05) is 11.9 Å². The molecule has 2 aromatic rings. The summed E-state index contributed by atoms with van der Waals surface area (Å²) in [5.41, 5.74) is 3.00. The summed E-state index contributed by atoms with van der Waals surface area (Å²) < 4.78 is 5.53. The van der Waals surface area contributed by atoms with Crippen LogP contribution in [-0.2, 0) is 14.4 Å². The second-order valence-corrected chi connectivity index (χ2v) is 7.09. The monoisotopic (exact) mass is 450 g/mol. The molecule has 8 nitrogen and oxygen atoms in total. The predicted molar refractivity (Wildman–Crippen MR) is 116 cm³/mol. The molecule has 158 valence electrons. The Hall–Kier alpha value is -3.10. The van der Waals surface area contributed by atoms with Gasteiger partial charge in [-0.3, -0.25) is 14.4 Å². The Balaban J connectivity index is 1.95. The quantitative estimate of drug-likeness (QED) is 0.342. The molecule has 0 aliphatic heterocycles. The van der Waals surface area contributed by atoms with Crippen LogP contribution in [0.25, 0.3) is 0 Å². The first-order valence-electron chi connectivity index (χ1n) is 8.87. The van der Waals surface area contributed by atoms with E-state index in [4.69, 9.17) is 27.9 Å². The molecule has 0 aliphatic carbocycles. The number of nitrogens with one attached hydrogen (secondary N) is 3. The molecule has 30 heavy (non-hydrogen) atoms. The number of hydrogen-bond acceptors (Lipinski definition) is 5. The minimum Gasteiger partial charge on any atom is -0.483 e. The summed E-state index contributed by atoms with van der Waals surface area (Å²) in [7, 11) is 0. The highest BCUT2D eigenvalue weighted by Crippen LogP contribution is 2.29. The highest BCUT2D eigenvalue weighted by molar-refractivity contribution is 6.44. The van der Waals surface area contributed by atoms with Gasteiger partial charge in [-0.2, -0.15) is 5.10 Å². The predicted octanol–water partition coefficient (Wildman–Crippen LogP) is 2.99. The number of rotatable bonds is 7. The molecular formula is C20H20Cl2N4O4. The molecule has 0 unspecified atom stereocenters. The molecule has 0 aliphatic rings. The third-order valence-corrected chi connectivity index (χ3v) is 4.32. The Labute approximate surface area is 183 Å². The SMILES string of the molecule is CC(C)NC(=O)C(=O)N/N=C\c1ccccc1OCC(=O)Nc1cccc(Cl)c1Cl. The fourth-order valence-electron chi connectivity index (χ4n) is 2.19. The topological polar surface area (TPSA) is 109 Å². The Morgan fingerprint density at radius 2 is 1.80 bits per heavy atom. The number of carbonyl (C=O) groups is 3. The number of hydrogen-bond donors (Lipinski definition) is 3. The van der Waals surface area contributed by atoms with Crippen LogP contribution in [0.5, 0.6) is 5.75 Å². The third kappa shape index (κ3) is 7.06. The third-order valence-electron chi connectivity index (χ3n) is 3.50. The summed E-state index contributed by atoms with van der Waals surface area (Å²) >= 11 is 12.0. The first-order chi connectivity index (χ1) is 14.3. The molecule has 0 aromatic heterocycles. The number of nitrogens with zero attached hydrogens (tertiary/aromatic N) is 1. The summed E-state index contributed by atoms with van der Waals surface area (Å²) in [6, 6.07) is 11.5. The molecule has 0 spiro atoms. The van der Waals surface area contributed by atoms with Gasteiger partial charge < -0.3 is 15.4 Å². The van der Waals surface area contributed by atoms with E-state index in [9.17, 15) is 14.4 Å². The van der Waals surface area contributed by atoms with E-state index in [1.54, 1.807) is 56.3 Å². The first kappa shape index (κ1) is 23.2. The van der Waals surface area contributed by atoms with Gasteiger partial charge in [0.05, 0.1) is 21.9 Å². The van der Waals surface area contributed by atoms with E-state index in [-0.39, 0.29) is 17.7 Å². The highest BCUT2D eigenvalue weighted by Gasteiger charge is 2.13. The van der Waals surface area contributed by atoms with Gasteiger partial charge in [-0.25, -0.2) is 5.43 Å². The van der Waals surface area contributed by atoms with Crippen LogP contribution in [0.4, 0.5) is 5.69 Å². The van der Waals surface area contributed by atoms with Gasteiger partial charge in [-0.05, 0) is 38.1 Å². The zero-order valence-electron chi connectivity index (χ0n) is 16.2. The lowest BCUT2D eigenvalue weighted by Gasteiger charge is -2.11. The lowest BCUT2D eigenvalue weighted by Crippen LogP contribution is -2.41. The molecule has 10 heteroatoms. The van der Waals surface area contributed by atoms with Crippen LogP contribution in [0.15, 0.2) is 47.6 Å². The van der Waals surface area contributed by atoms with Crippen molar-refractivity contribution in [1.29, 1.82) is 0 Å². The van der Waals surface area contributed by atoms with Crippen molar-refractivity contribution >= 4 is 52.8 Å². The van der Waals surface area contributed by atoms with Gasteiger partial charge in [0, 0.05) is 11.6 Å². The number of ether oxygens (including phenoxy) is 1. The standard InChI is InChI=1S/C20H20Cl2N4O4/c1-12(2)24-19(28)20(29)26-23-10-13-6-3-4-9-16(13)30-11-17(27)25-15-8-5-7-14(21)18(15)22/h3-10,12H,11H2,1-2H3,(H,24,28)(H,25,27)(H,26,29)/b23-10-. The van der Waals surface area contributed by atoms with E-state index in [2.05, 4.69) is 21.2 Å². The zero-order valence-corrected chi connectivity index (χ0v) is 17.8. The number of para-hydroxylation sites is 1. The van der Waals surface area contributed by atoms with Crippen LogP contribution in [0.1, 0.15) is 19.4 Å². The number of carbonyl (C=O) groups excluding carboxylic acids is 3. The smallest absolute Gasteiger partial charge is 0.329 e. The fourth-order valence-corrected chi connectivity index (χ4v) is 2.54. The number of halogens is 2. The number of hydrazone groups is 1. The summed E-state index contributed by atoms with van der Waals surface area (Å²) in [5.74, 6) is -1.77. The van der Waals surface area contributed by atoms with Gasteiger partial charge in [-0.1, -0.05) is 41.4 Å². The van der Waals surface area contributed by atoms with Crippen molar-refractivity contribution in [3.63, 3.8) is 0 Å². The van der Waals surface area contributed by atoms with E-state index >= 15 is 0 Å². The van der Waals surface area contributed by atoms with Crippen molar-refractivity contribution in [3.8, 4) is 5.75 Å². The molecule has 3 amide bonds. The Morgan fingerprint density at radius 3 is 2.53 bits per heavy atom. The average Bonchev–Trinajstić information content (AvgIpc) is 2.70. The summed E-state index contributed by atoms with van der Waals surface area (Å²) in [4.78, 5) is 35.4. The lowest BCUT2D eigenvalue weighted by atomic mass is 10.2. The van der Waals surface area contributed by atoms with Crippen LogP contribution >= 0.6 is 23.2 Å². The first-order valence-corrected chi connectivity index (χ1v) is 9.63. The van der Waals surface area contributed by atoms with E-state index < -0.39 is 17.7 Å². The van der Waals surface area contributed by atoms with Crippen molar-refractivity contribution in [1.82, 2.24) is 10.7 Å². The summed E-state index contributed by atoms with van der Waals surface area (Å²) in [5, 5.41) is 9.37. The molecule has 0 atom stereocenters. The van der Waals surface area contributed by atoms with Gasteiger partial charge in [0.1, 0.15) is 5.75 Å². The zero-order chi connectivity index (χ0) is 22.1. The van der Waals surface area contributed by atoms with E-state index in [1.807, 2.05) is 0 Å². The molecule has 0 saturated carbocycles. The van der Waals surface area contributed by atoms with E-state index in [1.165, 1.54) is 6.21 Å². The van der Waals surface area contributed by atoms with Gasteiger partial charge >= 0.3 is 11.8 Å². The van der Waals surface area contributed by atoms with E-state index in [0.29, 0.717) is 22.0 Å². The van der Waals surface area contributed by atoms with Gasteiger partial charge in [0.2, 0.25) is 0 Å². The van der Waals surface area contributed by atoms with Crippen molar-refractivity contribution in [3.05, 3.63) is 58.1 Å². The molecule has 2 rings (SSSR count). The molecule has 0 heterocycles. The second kappa shape index (κ2) is 11.2. The van der Waals surface area contributed by atoms with Crippen molar-refractivity contribution in [2.45, 2.75) is 19.9 Å². The Kier molecular flexibility index (Phi) is 8.64. The molecule has 0 saturated heterocycles. The molecule has 0 bridgehead atoms. The van der Waals surface area contributed by atoms with Gasteiger partial charge in [-0.15, -0.1) is 0 Å². The molecule has 3 N–H and O–H groups in total. The summed E-state index contributed by atoms with van der Waals surface area (Å²) in [6.45, 7) is 3.17. The largest absolute Gasteiger partial charge is 0.483 e. The maximum absolute atomic E-state index is 12.2. The number of amides is 3. The highest BCUT2D eigenvalue weighted by atomic mass is 35.5. The van der Waals surface area contributed by atoms with E-state index in [0.717, 1.165) is 0 Å². The van der Waals surface area contributed by atoms with Crippen LogP contribution in [0.3, 0.4) is 0 Å². The van der Waals surface area contributed by atoms with Crippen LogP contribution in [0.2, 0.25) is 10.0 Å². The minimum atomic E-state index is -0.892. The van der Waals surface area contributed by atoms with Crippen LogP contribution < -0.4 is 20.8 Å². The average molecular weight is 451 g/mol. The number of benzene rings is 2. The maximum atomic E-state index is 12.2. The molecular weight excluding hydrogens is 431 g/mol. The fraction of sp³-hybridized carbons (Fsp3) is 0.200. The Morgan fingerprint density at radius 1 is 1.07 bits per heavy atom. The molecule has 2 aromatic carbocycles. The maximum Gasteiger partial charge on any atom is 0.329 e. The summed E-state index contributed by atoms with van der Waals surface area (Å²) in [6.07, 6.45) is 1.31. The van der Waals surface area contributed by atoms with Crippen LogP contribution in [-0.4, -0.2) is 36.6 Å². The minimum absolute atomic E-state index is 0.172. The lowest BCUT2D eigenvalue weighted by molar-refractivity contribution is -0.139. The Bertz CT molecular complexity index is 964. The second-order valence-electron chi connectivity index (χ2n) is 6.30. The normalized spacial score (nSPS) is 10.7. The molecule has 0 radical (unpaired) electrons. The van der Waals surface area contributed by atoms with Crippen molar-refractivity contribution in [2.24, 2.45) is 5.10 Å². The van der Waals surface area contributed by atoms with Crippen molar-refractivity contribution < 1.29 is 19.1 Å². The molecule has 0 fully saturated rings. The number of anilines is 1. The van der Waals surface area contributed by atoms with Crippen LogP contribution in [0, 0.1) is 0 Å². The van der Waals surface area contributed by atoms with Gasteiger partial charge in [0.15, 0.2) is 6.61 Å². The van der Waals surface area contributed by atoms with Gasteiger partial charge in [0.25, 0.3) is 5.91 Å².